The zero-order valence-corrected chi connectivity index (χ0v) is 16.9. The lowest BCUT2D eigenvalue weighted by molar-refractivity contribution is -0.114. The van der Waals surface area contributed by atoms with Crippen molar-refractivity contribution in [3.8, 4) is 5.75 Å². The Hall–Kier alpha value is -2.33. The van der Waals surface area contributed by atoms with E-state index >= 15 is 0 Å². The summed E-state index contributed by atoms with van der Waals surface area (Å²) in [6.45, 7) is 7.91. The van der Waals surface area contributed by atoms with Gasteiger partial charge in [0.15, 0.2) is 0 Å². The molecule has 0 aromatic heterocycles. The van der Waals surface area contributed by atoms with Crippen molar-refractivity contribution in [3.05, 3.63) is 59.2 Å². The molecule has 0 saturated heterocycles. The number of carbonyl (C=O) groups is 1. The number of phenolic OH excluding ortho intramolecular Hbond substituents is 1. The Kier molecular flexibility index (Phi) is 7.86. The summed E-state index contributed by atoms with van der Waals surface area (Å²) in [5, 5.41) is 16.5. The van der Waals surface area contributed by atoms with E-state index in [2.05, 4.69) is 55.7 Å². The highest BCUT2D eigenvalue weighted by Gasteiger charge is 2.17. The number of benzene rings is 2. The van der Waals surface area contributed by atoms with Crippen LogP contribution in [0.1, 0.15) is 75.2 Å². The molecule has 4 nitrogen and oxygen atoms in total. The van der Waals surface area contributed by atoms with Crippen molar-refractivity contribution in [2.24, 2.45) is 0 Å². The van der Waals surface area contributed by atoms with Crippen LogP contribution in [0, 0.1) is 6.92 Å². The number of anilines is 1. The first-order valence-electron chi connectivity index (χ1n) is 9.83. The molecule has 0 aliphatic carbocycles. The molecule has 2 unspecified atom stereocenters. The van der Waals surface area contributed by atoms with E-state index < -0.39 is 0 Å². The predicted molar refractivity (Wildman–Crippen MR) is 112 cm³/mol. The third kappa shape index (κ3) is 6.40. The van der Waals surface area contributed by atoms with Crippen molar-refractivity contribution in [3.63, 3.8) is 0 Å². The molecule has 4 heteroatoms. The Morgan fingerprint density at radius 1 is 1.07 bits per heavy atom. The van der Waals surface area contributed by atoms with Gasteiger partial charge in [0.05, 0.1) is 5.69 Å². The Morgan fingerprint density at radius 2 is 1.74 bits per heavy atom. The number of unbranched alkanes of at least 4 members (excludes halogenated alkanes) is 2. The monoisotopic (exact) mass is 368 g/mol. The van der Waals surface area contributed by atoms with Crippen molar-refractivity contribution in [2.75, 3.05) is 5.32 Å². The summed E-state index contributed by atoms with van der Waals surface area (Å²) >= 11 is 0. The molecule has 27 heavy (non-hydrogen) atoms. The van der Waals surface area contributed by atoms with Crippen LogP contribution in [-0.2, 0) is 4.79 Å². The third-order valence-electron chi connectivity index (χ3n) is 4.86. The van der Waals surface area contributed by atoms with Gasteiger partial charge in [-0.25, -0.2) is 0 Å². The standard InChI is InChI=1S/C23H32N2O2/c1-5-6-7-8-21(24-17(3)19-11-9-16(2)10-12-19)20-13-14-23(27)22(15-20)25-18(4)26/h9-15,17,21,24,27H,5-8H2,1-4H3,(H,25,26). The van der Waals surface area contributed by atoms with E-state index in [4.69, 9.17) is 0 Å². The fourth-order valence-electron chi connectivity index (χ4n) is 3.26. The van der Waals surface area contributed by atoms with Gasteiger partial charge in [0.1, 0.15) is 5.75 Å². The van der Waals surface area contributed by atoms with Crippen molar-refractivity contribution < 1.29 is 9.90 Å². The first kappa shape index (κ1) is 21.0. The van der Waals surface area contributed by atoms with E-state index in [1.165, 1.54) is 30.9 Å². The second-order valence-electron chi connectivity index (χ2n) is 7.31. The number of nitrogens with one attached hydrogen (secondary N) is 2. The van der Waals surface area contributed by atoms with Gasteiger partial charge in [0, 0.05) is 19.0 Å². The van der Waals surface area contributed by atoms with Gasteiger partial charge in [-0.2, -0.15) is 0 Å². The van der Waals surface area contributed by atoms with E-state index in [9.17, 15) is 9.90 Å². The molecular formula is C23H32N2O2. The van der Waals surface area contributed by atoms with Gasteiger partial charge in [-0.15, -0.1) is 0 Å². The highest BCUT2D eigenvalue weighted by molar-refractivity contribution is 5.90. The smallest absolute Gasteiger partial charge is 0.221 e. The Morgan fingerprint density at radius 3 is 2.37 bits per heavy atom. The zero-order valence-electron chi connectivity index (χ0n) is 16.9. The maximum absolute atomic E-state index is 11.4. The summed E-state index contributed by atoms with van der Waals surface area (Å²) in [5.74, 6) is -0.0983. The third-order valence-corrected chi connectivity index (χ3v) is 4.86. The number of hydrogen-bond donors (Lipinski definition) is 3. The highest BCUT2D eigenvalue weighted by atomic mass is 16.3. The first-order chi connectivity index (χ1) is 12.9. The minimum absolute atomic E-state index is 0.0906. The summed E-state index contributed by atoms with van der Waals surface area (Å²) < 4.78 is 0. The maximum Gasteiger partial charge on any atom is 0.221 e. The number of aryl methyl sites for hydroxylation is 1. The number of hydrogen-bond acceptors (Lipinski definition) is 3. The molecule has 0 fully saturated rings. The minimum atomic E-state index is -0.189. The normalized spacial score (nSPS) is 13.2. The lowest BCUT2D eigenvalue weighted by Crippen LogP contribution is -2.25. The molecule has 0 aliphatic heterocycles. The number of amides is 1. The second kappa shape index (κ2) is 10.1. The van der Waals surface area contributed by atoms with Crippen LogP contribution >= 0.6 is 0 Å². The fraction of sp³-hybridized carbons (Fsp3) is 0.435. The van der Waals surface area contributed by atoms with Crippen molar-refractivity contribution >= 4 is 11.6 Å². The zero-order chi connectivity index (χ0) is 19.8. The van der Waals surface area contributed by atoms with Gasteiger partial charge in [0.2, 0.25) is 5.91 Å². The predicted octanol–water partition coefficient (Wildman–Crippen LogP) is 5.63. The van der Waals surface area contributed by atoms with Crippen LogP contribution in [0.5, 0.6) is 5.75 Å². The molecule has 0 radical (unpaired) electrons. The van der Waals surface area contributed by atoms with Crippen LogP contribution in [0.3, 0.4) is 0 Å². The molecule has 2 aromatic carbocycles. The fourth-order valence-corrected chi connectivity index (χ4v) is 3.26. The minimum Gasteiger partial charge on any atom is -0.506 e. The van der Waals surface area contributed by atoms with Crippen LogP contribution in [0.15, 0.2) is 42.5 Å². The molecule has 0 bridgehead atoms. The molecule has 3 N–H and O–H groups in total. The van der Waals surface area contributed by atoms with Crippen LogP contribution in [0.4, 0.5) is 5.69 Å². The SMILES string of the molecule is CCCCCC(NC(C)c1ccc(C)cc1)c1ccc(O)c(NC(C)=O)c1. The maximum atomic E-state index is 11.4. The van der Waals surface area contributed by atoms with Gasteiger partial charge in [-0.05, 0) is 43.5 Å². The van der Waals surface area contributed by atoms with Crippen LogP contribution in [-0.4, -0.2) is 11.0 Å². The molecular weight excluding hydrogens is 336 g/mol. The van der Waals surface area contributed by atoms with Gasteiger partial charge in [0.25, 0.3) is 0 Å². The molecule has 0 saturated carbocycles. The van der Waals surface area contributed by atoms with Crippen molar-refractivity contribution in [2.45, 2.75) is 65.5 Å². The van der Waals surface area contributed by atoms with E-state index in [-0.39, 0.29) is 23.7 Å². The van der Waals surface area contributed by atoms with E-state index in [0.29, 0.717) is 5.69 Å². The van der Waals surface area contributed by atoms with E-state index in [1.807, 2.05) is 12.1 Å². The Bertz CT molecular complexity index is 741. The van der Waals surface area contributed by atoms with E-state index in [0.717, 1.165) is 18.4 Å². The molecule has 0 spiro atoms. The van der Waals surface area contributed by atoms with Crippen molar-refractivity contribution in [1.29, 1.82) is 0 Å². The average Bonchev–Trinajstić information content (AvgIpc) is 2.63. The number of phenols is 1. The van der Waals surface area contributed by atoms with E-state index in [1.54, 1.807) is 6.07 Å². The highest BCUT2D eigenvalue weighted by Crippen LogP contribution is 2.31. The van der Waals surface area contributed by atoms with Gasteiger partial charge < -0.3 is 15.7 Å². The molecule has 2 aromatic rings. The molecule has 1 amide bonds. The second-order valence-corrected chi connectivity index (χ2v) is 7.31. The van der Waals surface area contributed by atoms with Gasteiger partial charge >= 0.3 is 0 Å². The summed E-state index contributed by atoms with van der Waals surface area (Å²) in [7, 11) is 0. The molecule has 2 atom stereocenters. The summed E-state index contributed by atoms with van der Waals surface area (Å²) in [4.78, 5) is 11.4. The van der Waals surface area contributed by atoms with Gasteiger partial charge in [-0.1, -0.05) is 62.1 Å². The van der Waals surface area contributed by atoms with Crippen LogP contribution in [0.25, 0.3) is 0 Å². The Labute approximate surface area is 163 Å². The number of carbonyl (C=O) groups excluding carboxylic acids is 1. The lowest BCUT2D eigenvalue weighted by atomic mass is 9.97. The van der Waals surface area contributed by atoms with Crippen molar-refractivity contribution in [1.82, 2.24) is 5.32 Å². The van der Waals surface area contributed by atoms with Crippen LogP contribution in [0.2, 0.25) is 0 Å². The van der Waals surface area contributed by atoms with Gasteiger partial charge in [-0.3, -0.25) is 4.79 Å². The quantitative estimate of drug-likeness (QED) is 0.397. The molecule has 2 rings (SSSR count). The molecule has 146 valence electrons. The summed E-state index contributed by atoms with van der Waals surface area (Å²) in [6, 6.07) is 14.4. The van der Waals surface area contributed by atoms with Crippen LogP contribution < -0.4 is 10.6 Å². The molecule has 0 aliphatic rings. The number of rotatable bonds is 9. The summed E-state index contributed by atoms with van der Waals surface area (Å²) in [5.41, 5.74) is 4.04. The lowest BCUT2D eigenvalue weighted by Gasteiger charge is -2.25. The molecule has 0 heterocycles. The first-order valence-corrected chi connectivity index (χ1v) is 9.83. The Balaban J connectivity index is 2.22. The summed E-state index contributed by atoms with van der Waals surface area (Å²) in [6.07, 6.45) is 4.50. The largest absolute Gasteiger partial charge is 0.506 e. The topological polar surface area (TPSA) is 61.4 Å². The number of aromatic hydroxyl groups is 1. The average molecular weight is 369 g/mol.